The maximum absolute atomic E-state index is 13.5. The van der Waals surface area contributed by atoms with Gasteiger partial charge in [0.2, 0.25) is 5.91 Å². The average Bonchev–Trinajstić information content (AvgIpc) is 3.16. The molecule has 1 aliphatic heterocycles. The van der Waals surface area contributed by atoms with Crippen molar-refractivity contribution in [3.05, 3.63) is 52.4 Å². The number of amides is 1. The van der Waals surface area contributed by atoms with Crippen LogP contribution in [0.1, 0.15) is 55.8 Å². The van der Waals surface area contributed by atoms with Gasteiger partial charge in [0.15, 0.2) is 0 Å². The third-order valence-electron chi connectivity index (χ3n) is 6.46. The van der Waals surface area contributed by atoms with E-state index in [2.05, 4.69) is 27.1 Å². The number of hydrogen-bond donors (Lipinski definition) is 2. The Bertz CT molecular complexity index is 944. The van der Waals surface area contributed by atoms with Gasteiger partial charge in [0.05, 0.1) is 0 Å². The largest absolute Gasteiger partial charge is 0.377 e. The summed E-state index contributed by atoms with van der Waals surface area (Å²) in [6, 6.07) is 7.20. The fourth-order valence-electron chi connectivity index (χ4n) is 4.78. The van der Waals surface area contributed by atoms with Crippen LogP contribution in [0.25, 0.3) is 0 Å². The number of piperazine rings is 1. The summed E-state index contributed by atoms with van der Waals surface area (Å²) >= 11 is 6.04. The molecule has 0 bridgehead atoms. The number of aryl methyl sites for hydroxylation is 1. The van der Waals surface area contributed by atoms with Crippen LogP contribution in [0.2, 0.25) is 5.02 Å². The van der Waals surface area contributed by atoms with Gasteiger partial charge in [-0.25, -0.2) is 9.97 Å². The maximum Gasteiger partial charge on any atom is 0.234 e. The van der Waals surface area contributed by atoms with Crippen molar-refractivity contribution in [3.8, 4) is 0 Å². The number of aromatic nitrogens is 2. The first kappa shape index (κ1) is 23.0. The van der Waals surface area contributed by atoms with E-state index < -0.39 is 12.1 Å². The Morgan fingerprint density at radius 2 is 1.84 bits per heavy atom. The zero-order valence-electron chi connectivity index (χ0n) is 19.0. The smallest absolute Gasteiger partial charge is 0.234 e. The molecule has 2 aromatic rings. The summed E-state index contributed by atoms with van der Waals surface area (Å²) in [7, 11) is 0. The minimum Gasteiger partial charge on any atom is -0.377 e. The summed E-state index contributed by atoms with van der Waals surface area (Å²) in [5.41, 5.74) is 3.18. The maximum atomic E-state index is 13.5. The lowest BCUT2D eigenvalue weighted by molar-refractivity contribution is -0.136. The lowest BCUT2D eigenvalue weighted by Gasteiger charge is -2.38. The van der Waals surface area contributed by atoms with Gasteiger partial charge >= 0.3 is 0 Å². The molecule has 1 aromatic carbocycles. The average molecular weight is 458 g/mol. The van der Waals surface area contributed by atoms with Crippen molar-refractivity contribution in [1.82, 2.24) is 20.2 Å². The fraction of sp³-hybridized carbons (Fsp3) is 0.542. The number of fused-ring (bicyclic) bond motifs is 1. The molecule has 2 N–H and O–H groups in total. The Morgan fingerprint density at radius 1 is 1.16 bits per heavy atom. The van der Waals surface area contributed by atoms with Crippen LogP contribution in [0.4, 0.5) is 5.82 Å². The number of halogens is 1. The van der Waals surface area contributed by atoms with E-state index >= 15 is 0 Å². The van der Waals surface area contributed by atoms with Crippen molar-refractivity contribution in [3.63, 3.8) is 0 Å². The Balaban J connectivity index is 1.49. The number of carbonyl (C=O) groups excluding carboxylic acids is 1. The highest BCUT2D eigenvalue weighted by Gasteiger charge is 2.35. The highest BCUT2D eigenvalue weighted by Crippen LogP contribution is 2.37. The van der Waals surface area contributed by atoms with Gasteiger partial charge in [0.25, 0.3) is 0 Å². The first-order valence-corrected chi connectivity index (χ1v) is 11.8. The Hall–Kier alpha value is -2.22. The molecule has 1 aromatic heterocycles. The third-order valence-corrected chi connectivity index (χ3v) is 6.71. The lowest BCUT2D eigenvalue weighted by atomic mass is 9.94. The van der Waals surface area contributed by atoms with Crippen LogP contribution < -0.4 is 10.2 Å². The zero-order valence-corrected chi connectivity index (χ0v) is 19.7. The highest BCUT2D eigenvalue weighted by molar-refractivity contribution is 6.30. The summed E-state index contributed by atoms with van der Waals surface area (Å²) in [5, 5.41) is 14.5. The molecule has 0 spiro atoms. The Morgan fingerprint density at radius 3 is 2.50 bits per heavy atom. The molecule has 1 amide bonds. The zero-order chi connectivity index (χ0) is 22.8. The molecule has 1 saturated heterocycles. The van der Waals surface area contributed by atoms with E-state index in [0.29, 0.717) is 37.1 Å². The molecule has 0 radical (unpaired) electrons. The Kier molecular flexibility index (Phi) is 6.98. The van der Waals surface area contributed by atoms with Gasteiger partial charge in [-0.15, -0.1) is 0 Å². The number of hydrogen-bond acceptors (Lipinski definition) is 6. The van der Waals surface area contributed by atoms with E-state index in [0.717, 1.165) is 29.9 Å². The molecular weight excluding hydrogens is 426 g/mol. The second kappa shape index (κ2) is 9.73. The second-order valence-electron chi connectivity index (χ2n) is 9.11. The van der Waals surface area contributed by atoms with Crippen molar-refractivity contribution in [2.45, 2.75) is 57.7 Å². The molecule has 3 atom stereocenters. The standard InChI is InChI=1S/C24H32ClN5O2/c1-15(2)28-23(31)21(17-5-7-18(25)8-6-17)24(32)30-12-10-29(11-13-30)22-20-16(3)4-9-19(20)26-14-27-22/h5-8,14-16,21,23,28,31H,4,9-13H2,1-3H3/t16-,21?,23?/m1/s1. The van der Waals surface area contributed by atoms with Crippen molar-refractivity contribution >= 4 is 23.3 Å². The normalized spacial score (nSPS) is 20.4. The van der Waals surface area contributed by atoms with E-state index in [4.69, 9.17) is 11.6 Å². The van der Waals surface area contributed by atoms with Crippen LogP contribution in [-0.2, 0) is 11.2 Å². The number of benzene rings is 1. The van der Waals surface area contributed by atoms with Crippen LogP contribution >= 0.6 is 11.6 Å². The Labute approximate surface area is 194 Å². The number of anilines is 1. The molecule has 0 saturated carbocycles. The van der Waals surface area contributed by atoms with E-state index in [-0.39, 0.29) is 11.9 Å². The number of rotatable bonds is 6. The molecule has 2 unspecified atom stereocenters. The molecule has 32 heavy (non-hydrogen) atoms. The van der Waals surface area contributed by atoms with Crippen LogP contribution in [0.3, 0.4) is 0 Å². The SMILES string of the molecule is CC(C)NC(O)C(C(=O)N1CCN(c2ncnc3c2[C@H](C)CC3)CC1)c1ccc(Cl)cc1. The molecule has 2 heterocycles. The molecule has 2 aliphatic rings. The van der Waals surface area contributed by atoms with Crippen molar-refractivity contribution < 1.29 is 9.90 Å². The minimum absolute atomic E-state index is 0.0475. The van der Waals surface area contributed by atoms with Crippen LogP contribution in [-0.4, -0.2) is 64.3 Å². The van der Waals surface area contributed by atoms with Crippen LogP contribution in [0.5, 0.6) is 0 Å². The summed E-state index contributed by atoms with van der Waals surface area (Å²) in [6.07, 6.45) is 2.80. The summed E-state index contributed by atoms with van der Waals surface area (Å²) in [5.74, 6) is 0.716. The second-order valence-corrected chi connectivity index (χ2v) is 9.54. The number of carbonyl (C=O) groups is 1. The number of nitrogens with zero attached hydrogens (tertiary/aromatic N) is 4. The molecular formula is C24H32ClN5O2. The molecule has 7 nitrogen and oxygen atoms in total. The van der Waals surface area contributed by atoms with E-state index in [1.54, 1.807) is 18.5 Å². The lowest BCUT2D eigenvalue weighted by Crippen LogP contribution is -2.53. The topological polar surface area (TPSA) is 81.6 Å². The third kappa shape index (κ3) is 4.75. The van der Waals surface area contributed by atoms with E-state index in [1.807, 2.05) is 30.9 Å². The number of aliphatic hydroxyl groups is 1. The number of nitrogens with one attached hydrogen (secondary N) is 1. The van der Waals surface area contributed by atoms with Gasteiger partial charge in [-0.1, -0.05) is 30.7 Å². The van der Waals surface area contributed by atoms with Crippen molar-refractivity contribution in [1.29, 1.82) is 0 Å². The minimum atomic E-state index is -0.979. The highest BCUT2D eigenvalue weighted by atomic mass is 35.5. The quantitative estimate of drug-likeness (QED) is 0.649. The van der Waals surface area contributed by atoms with E-state index in [9.17, 15) is 9.90 Å². The first-order valence-electron chi connectivity index (χ1n) is 11.4. The molecule has 1 fully saturated rings. The van der Waals surface area contributed by atoms with Gasteiger partial charge in [0.1, 0.15) is 24.3 Å². The molecule has 1 aliphatic carbocycles. The van der Waals surface area contributed by atoms with Crippen LogP contribution in [0.15, 0.2) is 30.6 Å². The summed E-state index contributed by atoms with van der Waals surface area (Å²) < 4.78 is 0. The van der Waals surface area contributed by atoms with E-state index in [1.165, 1.54) is 5.56 Å². The molecule has 4 rings (SSSR count). The fourth-order valence-corrected chi connectivity index (χ4v) is 4.90. The van der Waals surface area contributed by atoms with Crippen LogP contribution in [0, 0.1) is 0 Å². The van der Waals surface area contributed by atoms with Gasteiger partial charge in [-0.3, -0.25) is 10.1 Å². The van der Waals surface area contributed by atoms with Crippen molar-refractivity contribution in [2.24, 2.45) is 0 Å². The van der Waals surface area contributed by atoms with Gasteiger partial charge in [-0.05, 0) is 50.3 Å². The first-order chi connectivity index (χ1) is 15.3. The van der Waals surface area contributed by atoms with Gasteiger partial charge < -0.3 is 14.9 Å². The van der Waals surface area contributed by atoms with Gasteiger partial charge in [0, 0.05) is 48.5 Å². The van der Waals surface area contributed by atoms with Crippen molar-refractivity contribution in [2.75, 3.05) is 31.1 Å². The predicted molar refractivity (Wildman–Crippen MR) is 126 cm³/mol. The molecule has 172 valence electrons. The predicted octanol–water partition coefficient (Wildman–Crippen LogP) is 2.93. The van der Waals surface area contributed by atoms with Gasteiger partial charge in [-0.2, -0.15) is 0 Å². The molecule has 8 heteroatoms. The summed E-state index contributed by atoms with van der Waals surface area (Å²) in [6.45, 7) is 8.73. The summed E-state index contributed by atoms with van der Waals surface area (Å²) in [4.78, 5) is 26.7. The monoisotopic (exact) mass is 457 g/mol. The number of aliphatic hydroxyl groups excluding tert-OH is 1.